The van der Waals surface area contributed by atoms with Gasteiger partial charge in [-0.05, 0) is 31.7 Å². The predicted molar refractivity (Wildman–Crippen MR) is 61.7 cm³/mol. The van der Waals surface area contributed by atoms with E-state index in [-0.39, 0.29) is 6.42 Å². The molecule has 0 aromatic heterocycles. The van der Waals surface area contributed by atoms with Gasteiger partial charge in [0.05, 0.1) is 0 Å². The molecule has 0 spiro atoms. The van der Waals surface area contributed by atoms with Crippen molar-refractivity contribution in [1.82, 2.24) is 0 Å². The maximum absolute atomic E-state index is 10.5. The first-order chi connectivity index (χ1) is 7.39. The van der Waals surface area contributed by atoms with E-state index < -0.39 is 15.6 Å². The normalized spacial score (nSPS) is 13.7. The summed E-state index contributed by atoms with van der Waals surface area (Å²) in [4.78, 5) is 0. The van der Waals surface area contributed by atoms with E-state index in [9.17, 15) is 8.42 Å². The van der Waals surface area contributed by atoms with Crippen molar-refractivity contribution in [3.63, 3.8) is 0 Å². The first kappa shape index (κ1) is 13.2. The van der Waals surface area contributed by atoms with E-state index in [0.717, 1.165) is 5.56 Å². The molecule has 0 saturated carbocycles. The van der Waals surface area contributed by atoms with Crippen LogP contribution in [0.2, 0.25) is 0 Å². The predicted octanol–water partition coefficient (Wildman–Crippen LogP) is 1.52. The zero-order valence-corrected chi connectivity index (χ0v) is 9.94. The highest BCUT2D eigenvalue weighted by Gasteiger charge is 2.18. The molecule has 0 bridgehead atoms. The van der Waals surface area contributed by atoms with Crippen LogP contribution in [0.25, 0.3) is 0 Å². The van der Waals surface area contributed by atoms with Crippen molar-refractivity contribution in [2.24, 2.45) is 0 Å². The lowest BCUT2D eigenvalue weighted by atomic mass is 10.1. The Bertz CT molecular complexity index is 422. The first-order valence-electron chi connectivity index (χ1n) is 5.09. The fraction of sp³-hybridized carbons (Fsp3) is 0.455. The van der Waals surface area contributed by atoms with Gasteiger partial charge in [0.15, 0.2) is 5.44 Å². The number of aliphatic hydroxyl groups is 1. The molecule has 0 saturated heterocycles. The summed E-state index contributed by atoms with van der Waals surface area (Å²) in [5.74, 6) is 0. The number of hydrogen-bond donors (Lipinski definition) is 2. The Labute approximate surface area is 95.7 Å². The highest BCUT2D eigenvalue weighted by molar-refractivity contribution is 7.86. The Morgan fingerprint density at radius 3 is 2.31 bits per heavy atom. The second kappa shape index (κ2) is 5.43. The molecular weight excluding hydrogens is 228 g/mol. The van der Waals surface area contributed by atoms with Crippen LogP contribution in [-0.2, 0) is 16.5 Å². The zero-order valence-electron chi connectivity index (χ0n) is 9.13. The molecule has 1 aromatic rings. The average Bonchev–Trinajstić information content (AvgIpc) is 2.19. The van der Waals surface area contributed by atoms with Crippen LogP contribution in [0, 0.1) is 6.92 Å². The molecule has 1 atom stereocenters. The maximum atomic E-state index is 10.5. The van der Waals surface area contributed by atoms with Crippen molar-refractivity contribution in [1.29, 1.82) is 0 Å². The summed E-state index contributed by atoms with van der Waals surface area (Å²) < 4.78 is 29.6. The highest BCUT2D eigenvalue weighted by Crippen LogP contribution is 2.10. The number of hydrogen-bond acceptors (Lipinski definition) is 3. The zero-order chi connectivity index (χ0) is 12.2. The number of aryl methyl sites for hydroxylation is 2. The van der Waals surface area contributed by atoms with Crippen molar-refractivity contribution < 1.29 is 18.1 Å². The summed E-state index contributed by atoms with van der Waals surface area (Å²) in [7, 11) is -4.31. The fourth-order valence-electron chi connectivity index (χ4n) is 1.38. The third-order valence-corrected chi connectivity index (χ3v) is 3.30. The monoisotopic (exact) mass is 244 g/mol. The Morgan fingerprint density at radius 1 is 1.25 bits per heavy atom. The lowest BCUT2D eigenvalue weighted by Gasteiger charge is -2.06. The van der Waals surface area contributed by atoms with E-state index in [0.29, 0.717) is 12.8 Å². The van der Waals surface area contributed by atoms with Gasteiger partial charge in [-0.2, -0.15) is 8.42 Å². The largest absolute Gasteiger partial charge is 0.375 e. The van der Waals surface area contributed by atoms with Gasteiger partial charge in [0.25, 0.3) is 10.1 Å². The van der Waals surface area contributed by atoms with Gasteiger partial charge >= 0.3 is 0 Å². The molecular formula is C11H16O4S. The molecule has 16 heavy (non-hydrogen) atoms. The van der Waals surface area contributed by atoms with Crippen LogP contribution in [0.4, 0.5) is 0 Å². The molecule has 0 radical (unpaired) electrons. The summed E-state index contributed by atoms with van der Waals surface area (Å²) >= 11 is 0. The standard InChI is InChI=1S/C11H16O4S/c1-9-5-7-10(8-6-9)3-2-4-11(12)16(13,14)15/h5-8,11-12H,2-4H2,1H3,(H,13,14,15). The van der Waals surface area contributed by atoms with Crippen LogP contribution in [0.15, 0.2) is 24.3 Å². The van der Waals surface area contributed by atoms with Crippen LogP contribution < -0.4 is 0 Å². The molecule has 0 heterocycles. The summed E-state index contributed by atoms with van der Waals surface area (Å²) in [6.07, 6.45) is 1.25. The van der Waals surface area contributed by atoms with Gasteiger partial charge in [-0.1, -0.05) is 29.8 Å². The molecule has 4 nitrogen and oxygen atoms in total. The number of rotatable bonds is 5. The Hall–Kier alpha value is -0.910. The smallest absolute Gasteiger partial charge is 0.291 e. The van der Waals surface area contributed by atoms with E-state index in [1.165, 1.54) is 5.56 Å². The van der Waals surface area contributed by atoms with Crippen LogP contribution >= 0.6 is 0 Å². The van der Waals surface area contributed by atoms with Crippen LogP contribution in [0.3, 0.4) is 0 Å². The van der Waals surface area contributed by atoms with Gasteiger partial charge in [0.1, 0.15) is 0 Å². The van der Waals surface area contributed by atoms with Crippen molar-refractivity contribution in [3.05, 3.63) is 35.4 Å². The molecule has 0 amide bonds. The number of aliphatic hydroxyl groups excluding tert-OH is 1. The molecule has 2 N–H and O–H groups in total. The van der Waals surface area contributed by atoms with Gasteiger partial charge < -0.3 is 5.11 Å². The van der Waals surface area contributed by atoms with Crippen LogP contribution in [0.1, 0.15) is 24.0 Å². The average molecular weight is 244 g/mol. The van der Waals surface area contributed by atoms with E-state index >= 15 is 0 Å². The van der Waals surface area contributed by atoms with Gasteiger partial charge in [-0.25, -0.2) is 0 Å². The van der Waals surface area contributed by atoms with E-state index in [1.807, 2.05) is 31.2 Å². The maximum Gasteiger partial charge on any atom is 0.291 e. The first-order valence-corrected chi connectivity index (χ1v) is 6.60. The third kappa shape index (κ3) is 4.30. The molecule has 0 fully saturated rings. The van der Waals surface area contributed by atoms with E-state index in [4.69, 9.17) is 9.66 Å². The molecule has 5 heteroatoms. The van der Waals surface area contributed by atoms with E-state index in [1.54, 1.807) is 0 Å². The summed E-state index contributed by atoms with van der Waals surface area (Å²) in [6, 6.07) is 7.90. The minimum atomic E-state index is -4.31. The summed E-state index contributed by atoms with van der Waals surface area (Å²) in [6.45, 7) is 1.99. The molecule has 1 aromatic carbocycles. The van der Waals surface area contributed by atoms with Gasteiger partial charge in [0.2, 0.25) is 0 Å². The summed E-state index contributed by atoms with van der Waals surface area (Å²) in [5, 5.41) is 9.07. The summed E-state index contributed by atoms with van der Waals surface area (Å²) in [5.41, 5.74) is 0.591. The lowest BCUT2D eigenvalue weighted by Crippen LogP contribution is -2.19. The van der Waals surface area contributed by atoms with E-state index in [2.05, 4.69) is 0 Å². The fourth-order valence-corrected chi connectivity index (χ4v) is 1.85. The van der Waals surface area contributed by atoms with Crippen LogP contribution in [-0.4, -0.2) is 23.5 Å². The molecule has 0 aliphatic carbocycles. The highest BCUT2D eigenvalue weighted by atomic mass is 32.2. The van der Waals surface area contributed by atoms with Crippen LogP contribution in [0.5, 0.6) is 0 Å². The SMILES string of the molecule is Cc1ccc(CCCC(O)S(=O)(=O)O)cc1. The van der Waals surface area contributed by atoms with Crippen molar-refractivity contribution >= 4 is 10.1 Å². The van der Waals surface area contributed by atoms with Gasteiger partial charge in [-0.15, -0.1) is 0 Å². The van der Waals surface area contributed by atoms with Crippen molar-refractivity contribution in [3.8, 4) is 0 Å². The quantitative estimate of drug-likeness (QED) is 0.770. The van der Waals surface area contributed by atoms with Crippen molar-refractivity contribution in [2.45, 2.75) is 31.6 Å². The molecule has 1 unspecified atom stereocenters. The molecule has 0 aliphatic rings. The minimum absolute atomic E-state index is 0.0483. The third-order valence-electron chi connectivity index (χ3n) is 2.38. The Morgan fingerprint density at radius 2 is 1.81 bits per heavy atom. The minimum Gasteiger partial charge on any atom is -0.375 e. The lowest BCUT2D eigenvalue weighted by molar-refractivity contribution is 0.221. The molecule has 1 rings (SSSR count). The topological polar surface area (TPSA) is 74.6 Å². The second-order valence-corrected chi connectivity index (χ2v) is 5.42. The second-order valence-electron chi connectivity index (χ2n) is 3.85. The Kier molecular flexibility index (Phi) is 4.46. The molecule has 90 valence electrons. The van der Waals surface area contributed by atoms with Gasteiger partial charge in [-0.3, -0.25) is 4.55 Å². The van der Waals surface area contributed by atoms with Crippen molar-refractivity contribution in [2.75, 3.05) is 0 Å². The Balaban J connectivity index is 2.39. The molecule has 0 aliphatic heterocycles. The van der Waals surface area contributed by atoms with Gasteiger partial charge in [0, 0.05) is 0 Å². The number of benzene rings is 1.